The zero-order valence-electron chi connectivity index (χ0n) is 18.2. The van der Waals surface area contributed by atoms with Crippen molar-refractivity contribution >= 4 is 5.96 Å². The zero-order chi connectivity index (χ0) is 22.1. The molecule has 0 amide bonds. The van der Waals surface area contributed by atoms with E-state index in [1.165, 1.54) is 0 Å². The topological polar surface area (TPSA) is 96.6 Å². The number of nitrogens with one attached hydrogen (secondary N) is 2. The number of aliphatic hydroxyl groups is 1. The van der Waals surface area contributed by atoms with Gasteiger partial charge >= 0.3 is 0 Å². The summed E-state index contributed by atoms with van der Waals surface area (Å²) < 4.78 is 7.47. The van der Waals surface area contributed by atoms with Crippen molar-refractivity contribution in [1.82, 2.24) is 25.4 Å². The van der Waals surface area contributed by atoms with Gasteiger partial charge in [0.2, 0.25) is 5.88 Å². The van der Waals surface area contributed by atoms with Gasteiger partial charge in [-0.3, -0.25) is 4.68 Å². The minimum absolute atomic E-state index is 0.298. The van der Waals surface area contributed by atoms with Crippen LogP contribution in [0.15, 0.2) is 66.0 Å². The summed E-state index contributed by atoms with van der Waals surface area (Å²) in [7, 11) is 1.82. The average molecular weight is 423 g/mol. The summed E-state index contributed by atoms with van der Waals surface area (Å²) in [5.41, 5.74) is 1.74. The van der Waals surface area contributed by atoms with Crippen molar-refractivity contribution in [2.24, 2.45) is 12.0 Å². The predicted octanol–water partition coefficient (Wildman–Crippen LogP) is 2.36. The lowest BCUT2D eigenvalue weighted by Gasteiger charge is -2.23. The Labute approximate surface area is 183 Å². The van der Waals surface area contributed by atoms with Gasteiger partial charge < -0.3 is 20.5 Å². The Balaban J connectivity index is 1.59. The van der Waals surface area contributed by atoms with E-state index >= 15 is 0 Å². The summed E-state index contributed by atoms with van der Waals surface area (Å²) in [6, 6.07) is 13.8. The minimum Gasteiger partial charge on any atom is -0.473 e. The van der Waals surface area contributed by atoms with Crippen LogP contribution >= 0.6 is 0 Å². The van der Waals surface area contributed by atoms with E-state index in [2.05, 4.69) is 25.7 Å². The first kappa shape index (κ1) is 22.3. The molecule has 0 saturated heterocycles. The number of nitrogens with zero attached hydrogens (tertiary/aromatic N) is 4. The fourth-order valence-electron chi connectivity index (χ4n) is 2.93. The Bertz CT molecular complexity index is 984. The molecule has 2 heterocycles. The van der Waals surface area contributed by atoms with Crippen molar-refractivity contribution in [3.05, 3.63) is 77.7 Å². The molecule has 0 aliphatic carbocycles. The summed E-state index contributed by atoms with van der Waals surface area (Å²) in [6.45, 7) is 5.68. The predicted molar refractivity (Wildman–Crippen MR) is 121 cm³/mol. The highest BCUT2D eigenvalue weighted by atomic mass is 16.5. The molecule has 0 aliphatic rings. The van der Waals surface area contributed by atoms with Crippen molar-refractivity contribution in [2.75, 3.05) is 13.1 Å². The molecular formula is C23H30N6O2. The molecule has 1 aromatic carbocycles. The van der Waals surface area contributed by atoms with Crippen LogP contribution in [0.1, 0.15) is 30.5 Å². The summed E-state index contributed by atoms with van der Waals surface area (Å²) in [5, 5.41) is 21.3. The number of hydrogen-bond acceptors (Lipinski definition) is 5. The van der Waals surface area contributed by atoms with Crippen LogP contribution in [0.5, 0.6) is 5.88 Å². The Kier molecular flexibility index (Phi) is 7.61. The summed E-state index contributed by atoms with van der Waals surface area (Å²) >= 11 is 0. The molecule has 0 aliphatic heterocycles. The SMILES string of the molecule is CCNC(=NCc1ccnc(OCc2ccccc2)c1)NCC(C)(O)c1cnn(C)c1. The molecule has 3 aromatic rings. The van der Waals surface area contributed by atoms with E-state index in [1.54, 1.807) is 30.2 Å². The largest absolute Gasteiger partial charge is 0.473 e. The van der Waals surface area contributed by atoms with Crippen molar-refractivity contribution < 1.29 is 9.84 Å². The van der Waals surface area contributed by atoms with Crippen molar-refractivity contribution in [3.8, 4) is 5.88 Å². The third-order valence-corrected chi connectivity index (χ3v) is 4.72. The fourth-order valence-corrected chi connectivity index (χ4v) is 2.93. The Morgan fingerprint density at radius 3 is 2.71 bits per heavy atom. The van der Waals surface area contributed by atoms with E-state index in [1.807, 2.05) is 56.4 Å². The average Bonchev–Trinajstić information content (AvgIpc) is 3.23. The van der Waals surface area contributed by atoms with Gasteiger partial charge in [0.15, 0.2) is 5.96 Å². The number of hydrogen-bond donors (Lipinski definition) is 3. The lowest BCUT2D eigenvalue weighted by Crippen LogP contribution is -2.44. The second kappa shape index (κ2) is 10.6. The van der Waals surface area contributed by atoms with Gasteiger partial charge in [0.25, 0.3) is 0 Å². The van der Waals surface area contributed by atoms with Gasteiger partial charge in [-0.2, -0.15) is 5.10 Å². The summed E-state index contributed by atoms with van der Waals surface area (Å²) in [6.07, 6.45) is 5.19. The Morgan fingerprint density at radius 2 is 2.00 bits per heavy atom. The number of ether oxygens (including phenoxy) is 1. The Morgan fingerprint density at radius 1 is 1.19 bits per heavy atom. The fraction of sp³-hybridized carbons (Fsp3) is 0.348. The van der Waals surface area contributed by atoms with Crippen molar-refractivity contribution in [2.45, 2.75) is 32.6 Å². The highest BCUT2D eigenvalue weighted by Gasteiger charge is 2.25. The molecule has 3 N–H and O–H groups in total. The smallest absolute Gasteiger partial charge is 0.213 e. The minimum atomic E-state index is -1.07. The van der Waals surface area contributed by atoms with Gasteiger partial charge in [-0.15, -0.1) is 0 Å². The van der Waals surface area contributed by atoms with E-state index in [0.29, 0.717) is 38.1 Å². The molecule has 0 bridgehead atoms. The maximum Gasteiger partial charge on any atom is 0.213 e. The molecule has 8 nitrogen and oxygen atoms in total. The molecule has 0 radical (unpaired) electrons. The molecule has 0 fully saturated rings. The number of pyridine rings is 1. The van der Waals surface area contributed by atoms with Crippen LogP contribution in [-0.4, -0.2) is 38.9 Å². The molecule has 0 spiro atoms. The second-order valence-corrected chi connectivity index (χ2v) is 7.50. The van der Waals surface area contributed by atoms with E-state index in [-0.39, 0.29) is 0 Å². The van der Waals surface area contributed by atoms with Crippen LogP contribution in [0.25, 0.3) is 0 Å². The first-order valence-electron chi connectivity index (χ1n) is 10.3. The second-order valence-electron chi connectivity index (χ2n) is 7.50. The van der Waals surface area contributed by atoms with Crippen LogP contribution in [0.4, 0.5) is 0 Å². The summed E-state index contributed by atoms with van der Waals surface area (Å²) in [4.78, 5) is 8.90. The maximum atomic E-state index is 10.8. The highest BCUT2D eigenvalue weighted by Crippen LogP contribution is 2.18. The van der Waals surface area contributed by atoms with Crippen LogP contribution in [-0.2, 0) is 25.8 Å². The Hall–Kier alpha value is -3.39. The molecule has 2 aromatic heterocycles. The van der Waals surface area contributed by atoms with Crippen molar-refractivity contribution in [3.63, 3.8) is 0 Å². The van der Waals surface area contributed by atoms with Gasteiger partial charge in [-0.05, 0) is 31.0 Å². The first-order valence-corrected chi connectivity index (χ1v) is 10.3. The van der Waals surface area contributed by atoms with E-state index < -0.39 is 5.60 Å². The molecular weight excluding hydrogens is 392 g/mol. The lowest BCUT2D eigenvalue weighted by molar-refractivity contribution is 0.0616. The van der Waals surface area contributed by atoms with Crippen LogP contribution in [0.3, 0.4) is 0 Å². The monoisotopic (exact) mass is 422 g/mol. The van der Waals surface area contributed by atoms with Gasteiger partial charge in [-0.1, -0.05) is 30.3 Å². The third-order valence-electron chi connectivity index (χ3n) is 4.72. The molecule has 164 valence electrons. The lowest BCUT2D eigenvalue weighted by atomic mass is 10.00. The number of aryl methyl sites for hydroxylation is 1. The van der Waals surface area contributed by atoms with Gasteiger partial charge in [0, 0.05) is 37.6 Å². The number of rotatable bonds is 9. The summed E-state index contributed by atoms with van der Waals surface area (Å²) in [5.74, 6) is 1.18. The standard InChI is InChI=1S/C23H30N6O2/c1-4-24-22(27-17-23(2,30)20-14-28-29(3)15-20)26-13-19-10-11-25-21(12-19)31-16-18-8-6-5-7-9-18/h5-12,14-15,30H,4,13,16-17H2,1-3H3,(H2,24,26,27). The first-order chi connectivity index (χ1) is 15.0. The molecule has 1 atom stereocenters. The number of aromatic nitrogens is 3. The molecule has 3 rings (SSSR count). The zero-order valence-corrected chi connectivity index (χ0v) is 18.2. The number of guanidine groups is 1. The quantitative estimate of drug-likeness (QED) is 0.362. The molecule has 31 heavy (non-hydrogen) atoms. The van der Waals surface area contributed by atoms with E-state index in [4.69, 9.17) is 4.74 Å². The van der Waals surface area contributed by atoms with Gasteiger partial charge in [-0.25, -0.2) is 9.98 Å². The van der Waals surface area contributed by atoms with Gasteiger partial charge in [0.05, 0.1) is 19.3 Å². The maximum absolute atomic E-state index is 10.8. The molecule has 0 saturated carbocycles. The molecule has 1 unspecified atom stereocenters. The van der Waals surface area contributed by atoms with Gasteiger partial charge in [0.1, 0.15) is 12.2 Å². The van der Waals surface area contributed by atoms with Crippen LogP contribution in [0, 0.1) is 0 Å². The van der Waals surface area contributed by atoms with Crippen molar-refractivity contribution in [1.29, 1.82) is 0 Å². The third kappa shape index (κ3) is 6.82. The van der Waals surface area contributed by atoms with Crippen LogP contribution < -0.4 is 15.4 Å². The highest BCUT2D eigenvalue weighted by molar-refractivity contribution is 5.79. The normalized spacial score (nSPS) is 13.5. The number of aliphatic imine (C=N–C) groups is 1. The number of benzene rings is 1. The van der Waals surface area contributed by atoms with E-state index in [9.17, 15) is 5.11 Å². The van der Waals surface area contributed by atoms with E-state index in [0.717, 1.165) is 16.7 Å². The van der Waals surface area contributed by atoms with Crippen LogP contribution in [0.2, 0.25) is 0 Å². The molecule has 8 heteroatoms.